The summed E-state index contributed by atoms with van der Waals surface area (Å²) in [6.45, 7) is 5.26. The molecule has 1 heterocycles. The topological polar surface area (TPSA) is 35.0 Å². The van der Waals surface area contributed by atoms with Crippen molar-refractivity contribution in [3.8, 4) is 16.9 Å². The predicted octanol–water partition coefficient (Wildman–Crippen LogP) is 7.25. The first-order valence-electron chi connectivity index (χ1n) is 11.8. The van der Waals surface area contributed by atoms with Crippen molar-refractivity contribution < 1.29 is 4.74 Å². The van der Waals surface area contributed by atoms with Crippen LogP contribution in [0.15, 0.2) is 36.7 Å². The Hall–Kier alpha value is -1.90. The van der Waals surface area contributed by atoms with Crippen LogP contribution < -0.4 is 4.74 Å². The predicted molar refractivity (Wildman–Crippen MR) is 121 cm³/mol. The molecule has 29 heavy (non-hydrogen) atoms. The van der Waals surface area contributed by atoms with Crippen LogP contribution in [0.2, 0.25) is 0 Å². The third-order valence-electron chi connectivity index (χ3n) is 6.37. The molecule has 1 fully saturated rings. The summed E-state index contributed by atoms with van der Waals surface area (Å²) in [5.41, 5.74) is 2.22. The smallest absolute Gasteiger partial charge is 0.128 e. The molecular formula is C26H38N2O. The van der Waals surface area contributed by atoms with E-state index in [4.69, 9.17) is 4.74 Å². The second-order valence-electron chi connectivity index (χ2n) is 8.68. The number of benzene rings is 1. The van der Waals surface area contributed by atoms with Crippen molar-refractivity contribution in [3.63, 3.8) is 0 Å². The molecule has 0 radical (unpaired) electrons. The first kappa shape index (κ1) is 21.8. The number of hydrogen-bond donors (Lipinski definition) is 0. The van der Waals surface area contributed by atoms with Crippen LogP contribution in [0, 0.1) is 11.8 Å². The first-order chi connectivity index (χ1) is 14.3. The highest BCUT2D eigenvalue weighted by atomic mass is 16.5. The zero-order chi connectivity index (χ0) is 20.3. The lowest BCUT2D eigenvalue weighted by Gasteiger charge is -2.28. The third kappa shape index (κ3) is 7.13. The van der Waals surface area contributed by atoms with Crippen molar-refractivity contribution >= 4 is 0 Å². The zero-order valence-electron chi connectivity index (χ0n) is 18.4. The molecule has 1 aliphatic rings. The Morgan fingerprint density at radius 2 is 1.41 bits per heavy atom. The fourth-order valence-electron chi connectivity index (χ4n) is 4.35. The molecule has 158 valence electrons. The Bertz CT molecular complexity index is 688. The number of aromatic nitrogens is 2. The fraction of sp³-hybridized carbons (Fsp3) is 0.615. The molecular weight excluding hydrogens is 356 g/mol. The van der Waals surface area contributed by atoms with Gasteiger partial charge >= 0.3 is 0 Å². The number of hydrogen-bond acceptors (Lipinski definition) is 3. The van der Waals surface area contributed by atoms with Gasteiger partial charge < -0.3 is 4.74 Å². The van der Waals surface area contributed by atoms with E-state index in [1.165, 1.54) is 51.4 Å². The third-order valence-corrected chi connectivity index (χ3v) is 6.37. The van der Waals surface area contributed by atoms with Gasteiger partial charge in [-0.2, -0.15) is 0 Å². The summed E-state index contributed by atoms with van der Waals surface area (Å²) in [6, 6.07) is 8.26. The van der Waals surface area contributed by atoms with Crippen molar-refractivity contribution in [2.75, 3.05) is 6.61 Å². The largest absolute Gasteiger partial charge is 0.494 e. The Morgan fingerprint density at radius 1 is 0.793 bits per heavy atom. The van der Waals surface area contributed by atoms with E-state index in [1.807, 2.05) is 24.5 Å². The van der Waals surface area contributed by atoms with Gasteiger partial charge in [-0.3, -0.25) is 0 Å². The molecule has 0 amide bonds. The standard InChI is InChI=1S/C26H38N2O/c1-3-5-7-21-8-10-22(11-9-21)12-17-26-27-19-24(20-28-26)23-13-15-25(16-14-23)29-18-6-4-2/h13-16,19-22H,3-12,17-18H2,1-2H3/t21-,22-. The molecule has 3 heteroatoms. The first-order valence-corrected chi connectivity index (χ1v) is 11.8. The second-order valence-corrected chi connectivity index (χ2v) is 8.68. The molecule has 0 N–H and O–H groups in total. The van der Waals surface area contributed by atoms with Crippen molar-refractivity contribution in [2.24, 2.45) is 11.8 Å². The van der Waals surface area contributed by atoms with E-state index in [0.29, 0.717) is 0 Å². The van der Waals surface area contributed by atoms with E-state index in [2.05, 4.69) is 35.9 Å². The summed E-state index contributed by atoms with van der Waals surface area (Å²) in [5, 5.41) is 0. The number of nitrogens with zero attached hydrogens (tertiary/aromatic N) is 2. The number of unbranched alkanes of at least 4 members (excludes halogenated alkanes) is 2. The minimum Gasteiger partial charge on any atom is -0.494 e. The van der Waals surface area contributed by atoms with Crippen LogP contribution in [-0.2, 0) is 6.42 Å². The van der Waals surface area contributed by atoms with Gasteiger partial charge in [0.2, 0.25) is 0 Å². The normalized spacial score (nSPS) is 19.2. The Balaban J connectivity index is 1.43. The highest BCUT2D eigenvalue weighted by Crippen LogP contribution is 2.34. The van der Waals surface area contributed by atoms with Gasteiger partial charge in [0.1, 0.15) is 11.6 Å². The molecule has 3 rings (SSSR count). The van der Waals surface area contributed by atoms with E-state index in [1.54, 1.807) is 0 Å². The second kappa shape index (κ2) is 11.9. The minimum absolute atomic E-state index is 0.786. The van der Waals surface area contributed by atoms with E-state index < -0.39 is 0 Å². The van der Waals surface area contributed by atoms with E-state index in [9.17, 15) is 0 Å². The Kier molecular flexibility index (Phi) is 8.98. The molecule has 1 saturated carbocycles. The molecule has 3 nitrogen and oxygen atoms in total. The van der Waals surface area contributed by atoms with E-state index >= 15 is 0 Å². The molecule has 0 spiro atoms. The summed E-state index contributed by atoms with van der Waals surface area (Å²) in [4.78, 5) is 9.27. The van der Waals surface area contributed by atoms with Gasteiger partial charge in [0, 0.05) is 24.4 Å². The quantitative estimate of drug-likeness (QED) is 0.376. The maximum Gasteiger partial charge on any atom is 0.128 e. The summed E-state index contributed by atoms with van der Waals surface area (Å²) >= 11 is 0. The van der Waals surface area contributed by atoms with Crippen LogP contribution in [0.4, 0.5) is 0 Å². The molecule has 1 aliphatic carbocycles. The van der Waals surface area contributed by atoms with Crippen molar-refractivity contribution in [1.82, 2.24) is 9.97 Å². The fourth-order valence-corrected chi connectivity index (χ4v) is 4.35. The maximum absolute atomic E-state index is 5.74. The van der Waals surface area contributed by atoms with Crippen molar-refractivity contribution in [1.29, 1.82) is 0 Å². The number of aryl methyl sites for hydroxylation is 1. The van der Waals surface area contributed by atoms with Crippen LogP contribution >= 0.6 is 0 Å². The lowest BCUT2D eigenvalue weighted by atomic mass is 9.78. The van der Waals surface area contributed by atoms with Gasteiger partial charge in [0.25, 0.3) is 0 Å². The zero-order valence-corrected chi connectivity index (χ0v) is 18.4. The number of rotatable bonds is 11. The minimum atomic E-state index is 0.786. The van der Waals surface area contributed by atoms with Gasteiger partial charge in [-0.05, 0) is 42.4 Å². The summed E-state index contributed by atoms with van der Waals surface area (Å²) in [6.07, 6.45) is 18.3. The van der Waals surface area contributed by atoms with Gasteiger partial charge in [-0.25, -0.2) is 9.97 Å². The molecule has 1 aromatic heterocycles. The summed E-state index contributed by atoms with van der Waals surface area (Å²) in [5.74, 6) is 3.78. The Labute approximate surface area is 177 Å². The molecule has 1 aromatic carbocycles. The van der Waals surface area contributed by atoms with Crippen LogP contribution in [0.25, 0.3) is 11.1 Å². The molecule has 0 atom stereocenters. The highest BCUT2D eigenvalue weighted by molar-refractivity contribution is 5.62. The van der Waals surface area contributed by atoms with Crippen LogP contribution in [0.3, 0.4) is 0 Å². The van der Waals surface area contributed by atoms with Gasteiger partial charge in [0.15, 0.2) is 0 Å². The van der Waals surface area contributed by atoms with E-state index in [-0.39, 0.29) is 0 Å². The molecule has 0 aliphatic heterocycles. The maximum atomic E-state index is 5.74. The van der Waals surface area contributed by atoms with Gasteiger partial charge in [-0.1, -0.05) is 77.3 Å². The van der Waals surface area contributed by atoms with Crippen molar-refractivity contribution in [2.45, 2.75) is 84.5 Å². The lowest BCUT2D eigenvalue weighted by Crippen LogP contribution is -2.15. The van der Waals surface area contributed by atoms with Gasteiger partial charge in [0.05, 0.1) is 6.61 Å². The highest BCUT2D eigenvalue weighted by Gasteiger charge is 2.20. The average Bonchev–Trinajstić information content (AvgIpc) is 2.78. The number of ether oxygens (including phenoxy) is 1. The van der Waals surface area contributed by atoms with Crippen LogP contribution in [0.5, 0.6) is 5.75 Å². The Morgan fingerprint density at radius 3 is 2.03 bits per heavy atom. The monoisotopic (exact) mass is 394 g/mol. The van der Waals surface area contributed by atoms with Crippen molar-refractivity contribution in [3.05, 3.63) is 42.5 Å². The molecule has 0 bridgehead atoms. The van der Waals surface area contributed by atoms with Gasteiger partial charge in [-0.15, -0.1) is 0 Å². The molecule has 0 saturated heterocycles. The SMILES string of the molecule is CCCCOc1ccc(-c2cnc(CC[C@H]3CC[C@H](CCCC)CC3)nc2)cc1. The van der Waals surface area contributed by atoms with E-state index in [0.717, 1.165) is 60.4 Å². The lowest BCUT2D eigenvalue weighted by molar-refractivity contribution is 0.249. The summed E-state index contributed by atoms with van der Waals surface area (Å²) in [7, 11) is 0. The van der Waals surface area contributed by atoms with Crippen LogP contribution in [-0.4, -0.2) is 16.6 Å². The summed E-state index contributed by atoms with van der Waals surface area (Å²) < 4.78 is 5.74. The molecule has 2 aromatic rings. The average molecular weight is 395 g/mol. The molecule has 0 unspecified atom stereocenters. The van der Waals surface area contributed by atoms with Crippen LogP contribution in [0.1, 0.15) is 83.9 Å².